The minimum absolute atomic E-state index is 0.212. The first-order valence-electron chi connectivity index (χ1n) is 10.5. The van der Waals surface area contributed by atoms with E-state index in [2.05, 4.69) is 17.6 Å². The molecule has 0 aliphatic carbocycles. The Morgan fingerprint density at radius 2 is 1.79 bits per heavy atom. The van der Waals surface area contributed by atoms with Gasteiger partial charge in [0.15, 0.2) is 5.13 Å². The number of carbonyl (C=O) groups excluding carboxylic acids is 2. The molecular formula is C21H29F3N4O4S2. The first-order chi connectivity index (χ1) is 15.8. The van der Waals surface area contributed by atoms with Gasteiger partial charge in [0.2, 0.25) is 11.0 Å². The van der Waals surface area contributed by atoms with Crippen molar-refractivity contribution >= 4 is 56.3 Å². The molecular weight excluding hydrogens is 493 g/mol. The highest BCUT2D eigenvalue weighted by Crippen LogP contribution is 2.32. The number of nitrogens with zero attached hydrogens (tertiary/aromatic N) is 2. The monoisotopic (exact) mass is 522 g/mol. The lowest BCUT2D eigenvalue weighted by Crippen LogP contribution is -2.51. The van der Waals surface area contributed by atoms with Crippen molar-refractivity contribution in [2.24, 2.45) is 17.4 Å². The molecule has 0 saturated heterocycles. The summed E-state index contributed by atoms with van der Waals surface area (Å²) in [5, 5.41) is 7.26. The van der Waals surface area contributed by atoms with Gasteiger partial charge in [0.05, 0.1) is 16.3 Å². The summed E-state index contributed by atoms with van der Waals surface area (Å²) in [4.78, 5) is 40.4. The zero-order valence-electron chi connectivity index (χ0n) is 18.8. The van der Waals surface area contributed by atoms with Crippen molar-refractivity contribution in [3.8, 4) is 0 Å². The molecule has 2 rings (SSSR count). The second-order valence-electron chi connectivity index (χ2n) is 7.85. The third-order valence-electron chi connectivity index (χ3n) is 4.55. The molecule has 13 heteroatoms. The molecule has 0 bridgehead atoms. The number of carboxylic acids is 1. The lowest BCUT2D eigenvalue weighted by molar-refractivity contribution is -0.192. The average molecular weight is 523 g/mol. The summed E-state index contributed by atoms with van der Waals surface area (Å²) in [5.41, 5.74) is 12.5. The molecule has 34 heavy (non-hydrogen) atoms. The van der Waals surface area contributed by atoms with Crippen molar-refractivity contribution < 1.29 is 32.7 Å². The van der Waals surface area contributed by atoms with E-state index in [0.717, 1.165) is 23.1 Å². The van der Waals surface area contributed by atoms with Gasteiger partial charge in [0.1, 0.15) is 6.04 Å². The first kappa shape index (κ1) is 29.8. The molecule has 0 aliphatic heterocycles. The number of alkyl halides is 3. The van der Waals surface area contributed by atoms with Crippen LogP contribution in [0.3, 0.4) is 0 Å². The van der Waals surface area contributed by atoms with Crippen molar-refractivity contribution in [1.29, 1.82) is 0 Å². The van der Waals surface area contributed by atoms with Gasteiger partial charge in [0.25, 0.3) is 0 Å². The summed E-state index contributed by atoms with van der Waals surface area (Å²) in [6.07, 6.45) is -2.49. The number of thiazole rings is 1. The third-order valence-corrected chi connectivity index (χ3v) is 5.88. The number of benzene rings is 1. The summed E-state index contributed by atoms with van der Waals surface area (Å²) in [6.45, 7) is 4.57. The van der Waals surface area contributed by atoms with E-state index in [1.165, 1.54) is 16.2 Å². The van der Waals surface area contributed by atoms with E-state index >= 15 is 0 Å². The molecule has 2 aromatic rings. The molecule has 1 heterocycles. The number of amides is 1. The molecule has 5 N–H and O–H groups in total. The number of aliphatic carboxylic acids is 1. The van der Waals surface area contributed by atoms with Gasteiger partial charge in [-0.2, -0.15) is 13.2 Å². The van der Waals surface area contributed by atoms with E-state index in [1.54, 1.807) is 0 Å². The lowest BCUT2D eigenvalue weighted by atomic mass is 10.0. The van der Waals surface area contributed by atoms with Crippen LogP contribution < -0.4 is 16.4 Å². The minimum atomic E-state index is -5.08. The number of carboxylic acid groups (broad SMARTS) is 1. The molecule has 190 valence electrons. The molecule has 1 aromatic heterocycles. The Morgan fingerprint density at radius 1 is 1.21 bits per heavy atom. The van der Waals surface area contributed by atoms with Crippen molar-refractivity contribution in [3.05, 3.63) is 24.3 Å². The lowest BCUT2D eigenvalue weighted by Gasteiger charge is -2.30. The minimum Gasteiger partial charge on any atom is -0.475 e. The van der Waals surface area contributed by atoms with E-state index in [9.17, 15) is 22.8 Å². The Balaban J connectivity index is 0.000000718. The smallest absolute Gasteiger partial charge is 0.475 e. The van der Waals surface area contributed by atoms with Gasteiger partial charge in [0, 0.05) is 0 Å². The fourth-order valence-electron chi connectivity index (χ4n) is 2.92. The SMILES string of the molecule is CC(C)C[C@H](C(=O)S)N(C(=O)[C@H](N)CCCCN)c1nc2ccccc2s1.O=C(O)C(F)(F)F. The number of nitrogens with two attached hydrogens (primary N) is 2. The number of fused-ring (bicyclic) bond motifs is 1. The molecule has 0 fully saturated rings. The number of para-hydroxylation sites is 1. The van der Waals surface area contributed by atoms with Gasteiger partial charge in [-0.05, 0) is 43.9 Å². The van der Waals surface area contributed by atoms with E-state index in [4.69, 9.17) is 21.4 Å². The van der Waals surface area contributed by atoms with E-state index in [0.29, 0.717) is 24.5 Å². The maximum atomic E-state index is 13.2. The highest BCUT2D eigenvalue weighted by atomic mass is 32.1. The van der Waals surface area contributed by atoms with Crippen molar-refractivity contribution in [3.63, 3.8) is 0 Å². The van der Waals surface area contributed by atoms with Crippen LogP contribution in [0.15, 0.2) is 24.3 Å². The molecule has 2 atom stereocenters. The zero-order valence-corrected chi connectivity index (χ0v) is 20.5. The second kappa shape index (κ2) is 13.6. The van der Waals surface area contributed by atoms with Crippen LogP contribution in [0.1, 0.15) is 39.5 Å². The Bertz CT molecular complexity index is 936. The number of anilines is 1. The highest BCUT2D eigenvalue weighted by molar-refractivity contribution is 7.96. The van der Waals surface area contributed by atoms with Gasteiger partial charge >= 0.3 is 12.1 Å². The van der Waals surface area contributed by atoms with Crippen molar-refractivity contribution in [1.82, 2.24) is 4.98 Å². The van der Waals surface area contributed by atoms with Gasteiger partial charge in [-0.3, -0.25) is 14.5 Å². The number of hydrogen-bond donors (Lipinski definition) is 4. The molecule has 0 aliphatic rings. The van der Waals surface area contributed by atoms with Crippen LogP contribution in [0.5, 0.6) is 0 Å². The fraction of sp³-hybridized carbons (Fsp3) is 0.524. The van der Waals surface area contributed by atoms with Gasteiger partial charge in [-0.1, -0.05) is 43.7 Å². The predicted molar refractivity (Wildman–Crippen MR) is 129 cm³/mol. The van der Waals surface area contributed by atoms with Crippen LogP contribution in [0, 0.1) is 5.92 Å². The van der Waals surface area contributed by atoms with Crippen LogP contribution in [0.2, 0.25) is 0 Å². The Morgan fingerprint density at radius 3 is 2.26 bits per heavy atom. The van der Waals surface area contributed by atoms with Crippen LogP contribution in [-0.2, 0) is 14.4 Å². The first-order valence-corrected chi connectivity index (χ1v) is 11.7. The van der Waals surface area contributed by atoms with E-state index < -0.39 is 24.2 Å². The van der Waals surface area contributed by atoms with Gasteiger partial charge < -0.3 is 16.6 Å². The number of halogens is 3. The number of hydrogen-bond acceptors (Lipinski definition) is 7. The van der Waals surface area contributed by atoms with E-state index in [1.807, 2.05) is 38.1 Å². The standard InChI is InChI=1S/C19H28N4O2S2.C2HF3O2/c1-12(2)11-15(18(25)26)23(17(24)13(21)7-5-6-10-20)19-22-14-8-3-4-9-16(14)27-19;3-2(4,5)1(6)7/h3-4,8-9,12-13,15H,5-7,10-11,20-21H2,1-2H3,(H,25,26);(H,6,7)/t13-,15-;/m1./s1. The third kappa shape index (κ3) is 9.20. The van der Waals surface area contributed by atoms with Gasteiger partial charge in [-0.25, -0.2) is 9.78 Å². The normalized spacial score (nSPS) is 13.2. The predicted octanol–water partition coefficient (Wildman–Crippen LogP) is 3.59. The summed E-state index contributed by atoms with van der Waals surface area (Å²) in [6, 6.07) is 6.25. The molecule has 0 spiro atoms. The second-order valence-corrected chi connectivity index (χ2v) is 9.30. The number of carbonyl (C=O) groups is 3. The molecule has 0 saturated carbocycles. The largest absolute Gasteiger partial charge is 0.490 e. The van der Waals surface area contributed by atoms with Crippen molar-refractivity contribution in [2.75, 3.05) is 11.4 Å². The Labute approximate surface area is 204 Å². The van der Waals surface area contributed by atoms with Crippen LogP contribution >= 0.6 is 24.0 Å². The Kier molecular flexibility index (Phi) is 11.9. The van der Waals surface area contributed by atoms with E-state index in [-0.39, 0.29) is 16.9 Å². The Hall–Kier alpha value is -2.22. The number of aromatic nitrogens is 1. The highest BCUT2D eigenvalue weighted by Gasteiger charge is 2.38. The summed E-state index contributed by atoms with van der Waals surface area (Å²) < 4.78 is 32.7. The maximum absolute atomic E-state index is 13.2. The number of rotatable bonds is 10. The molecule has 0 unspecified atom stereocenters. The zero-order chi connectivity index (χ0) is 26.1. The number of unbranched alkanes of at least 4 members (excludes halogenated alkanes) is 1. The fourth-order valence-corrected chi connectivity index (χ4v) is 4.16. The van der Waals surface area contributed by atoms with Crippen LogP contribution in [0.25, 0.3) is 10.2 Å². The topological polar surface area (TPSA) is 140 Å². The summed E-state index contributed by atoms with van der Waals surface area (Å²) >= 11 is 5.44. The maximum Gasteiger partial charge on any atom is 0.490 e. The summed E-state index contributed by atoms with van der Waals surface area (Å²) in [5.74, 6) is -2.84. The molecule has 1 amide bonds. The number of thiol groups is 1. The van der Waals surface area contributed by atoms with Crippen LogP contribution in [-0.4, -0.2) is 51.9 Å². The summed E-state index contributed by atoms with van der Waals surface area (Å²) in [7, 11) is 0. The van der Waals surface area contributed by atoms with Crippen LogP contribution in [0.4, 0.5) is 18.3 Å². The average Bonchev–Trinajstić information content (AvgIpc) is 3.16. The van der Waals surface area contributed by atoms with Crippen molar-refractivity contribution in [2.45, 2.75) is 57.8 Å². The molecule has 0 radical (unpaired) electrons. The quantitative estimate of drug-likeness (QED) is 0.276. The van der Waals surface area contributed by atoms with Gasteiger partial charge in [-0.15, -0.1) is 12.6 Å². The molecule has 8 nitrogen and oxygen atoms in total. The molecule has 1 aromatic carbocycles.